The predicted molar refractivity (Wildman–Crippen MR) is 81.3 cm³/mol. The molecule has 0 bridgehead atoms. The molecule has 0 aromatic carbocycles. The molecule has 1 heterocycles. The Hall–Kier alpha value is -2.11. The van der Waals surface area contributed by atoms with E-state index in [2.05, 4.69) is 20.4 Å². The summed E-state index contributed by atoms with van der Waals surface area (Å²) in [4.78, 5) is 27.7. The number of hydrogen-bond acceptors (Lipinski definition) is 5. The summed E-state index contributed by atoms with van der Waals surface area (Å²) < 4.78 is 4.67. The first-order valence-electron chi connectivity index (χ1n) is 6.78. The largest absolute Gasteiger partial charge is 0.465 e. The van der Waals surface area contributed by atoms with Crippen LogP contribution in [0.2, 0.25) is 0 Å². The molecule has 116 valence electrons. The highest BCUT2D eigenvalue weighted by molar-refractivity contribution is 5.90. The summed E-state index contributed by atoms with van der Waals surface area (Å²) in [5.41, 5.74) is 0.676. The number of carbonyl (C=O) groups excluding carboxylic acids is 2. The van der Waals surface area contributed by atoms with E-state index in [-0.39, 0.29) is 11.4 Å². The highest BCUT2D eigenvalue weighted by atomic mass is 16.5. The normalized spacial score (nSPS) is 12.5. The quantitative estimate of drug-likeness (QED) is 0.829. The van der Waals surface area contributed by atoms with Crippen LogP contribution in [0.3, 0.4) is 0 Å². The summed E-state index contributed by atoms with van der Waals surface area (Å²) in [6.45, 7) is 9.24. The molecule has 0 aliphatic carbocycles. The molecule has 1 rings (SSSR count). The third kappa shape index (κ3) is 5.06. The van der Waals surface area contributed by atoms with Crippen LogP contribution in [0, 0.1) is 6.92 Å². The van der Waals surface area contributed by atoms with Gasteiger partial charge >= 0.3 is 5.97 Å². The number of esters is 1. The van der Waals surface area contributed by atoms with Crippen molar-refractivity contribution in [3.63, 3.8) is 0 Å². The zero-order valence-electron chi connectivity index (χ0n) is 13.4. The lowest BCUT2D eigenvalue weighted by atomic mass is 10.1. The van der Waals surface area contributed by atoms with E-state index in [0.29, 0.717) is 17.1 Å². The van der Waals surface area contributed by atoms with Gasteiger partial charge in [-0.25, -0.2) is 9.78 Å². The predicted octanol–water partition coefficient (Wildman–Crippen LogP) is 1.89. The Bertz CT molecular complexity index is 535. The van der Waals surface area contributed by atoms with E-state index in [4.69, 9.17) is 0 Å². The monoisotopic (exact) mass is 293 g/mol. The van der Waals surface area contributed by atoms with E-state index in [1.54, 1.807) is 26.0 Å². The van der Waals surface area contributed by atoms with Crippen molar-refractivity contribution in [3.05, 3.63) is 23.4 Å². The number of anilines is 1. The van der Waals surface area contributed by atoms with Crippen molar-refractivity contribution in [2.75, 3.05) is 12.4 Å². The molecule has 0 fully saturated rings. The zero-order chi connectivity index (χ0) is 16.2. The van der Waals surface area contributed by atoms with Gasteiger partial charge in [0, 0.05) is 5.54 Å². The second-order valence-corrected chi connectivity index (χ2v) is 5.93. The molecule has 0 spiro atoms. The van der Waals surface area contributed by atoms with Crippen molar-refractivity contribution >= 4 is 17.7 Å². The van der Waals surface area contributed by atoms with Crippen LogP contribution >= 0.6 is 0 Å². The lowest BCUT2D eigenvalue weighted by molar-refractivity contribution is -0.122. The molecular weight excluding hydrogens is 270 g/mol. The maximum Gasteiger partial charge on any atom is 0.339 e. The smallest absolute Gasteiger partial charge is 0.339 e. The van der Waals surface area contributed by atoms with Crippen LogP contribution in [0.15, 0.2) is 12.1 Å². The van der Waals surface area contributed by atoms with Gasteiger partial charge in [0.1, 0.15) is 11.9 Å². The van der Waals surface area contributed by atoms with Gasteiger partial charge in [0.15, 0.2) is 0 Å². The fourth-order valence-electron chi connectivity index (χ4n) is 1.73. The van der Waals surface area contributed by atoms with Crippen LogP contribution in [-0.4, -0.2) is 35.6 Å². The van der Waals surface area contributed by atoms with Crippen molar-refractivity contribution in [1.82, 2.24) is 10.3 Å². The topological polar surface area (TPSA) is 80.3 Å². The number of pyridine rings is 1. The zero-order valence-corrected chi connectivity index (χ0v) is 13.4. The lowest BCUT2D eigenvalue weighted by Gasteiger charge is -2.24. The number of aryl methyl sites for hydroxylation is 1. The molecule has 0 saturated carbocycles. The third-order valence-electron chi connectivity index (χ3n) is 2.75. The number of nitrogens with one attached hydrogen (secondary N) is 2. The molecule has 0 radical (unpaired) electrons. The number of nitrogens with zero attached hydrogens (tertiary/aromatic N) is 1. The van der Waals surface area contributed by atoms with E-state index < -0.39 is 12.0 Å². The Kier molecular flexibility index (Phi) is 5.29. The van der Waals surface area contributed by atoms with E-state index in [1.807, 2.05) is 20.8 Å². The molecule has 1 unspecified atom stereocenters. The van der Waals surface area contributed by atoms with Crippen LogP contribution in [0.25, 0.3) is 0 Å². The average Bonchev–Trinajstić information content (AvgIpc) is 2.36. The Labute approximate surface area is 125 Å². The van der Waals surface area contributed by atoms with E-state index >= 15 is 0 Å². The number of aromatic nitrogens is 1. The molecule has 6 heteroatoms. The van der Waals surface area contributed by atoms with Crippen LogP contribution in [0.5, 0.6) is 0 Å². The van der Waals surface area contributed by atoms with Crippen molar-refractivity contribution in [3.8, 4) is 0 Å². The van der Waals surface area contributed by atoms with Gasteiger partial charge in [-0.3, -0.25) is 4.79 Å². The van der Waals surface area contributed by atoms with Gasteiger partial charge in [-0.2, -0.15) is 0 Å². The second-order valence-electron chi connectivity index (χ2n) is 5.93. The van der Waals surface area contributed by atoms with Gasteiger partial charge in [-0.15, -0.1) is 0 Å². The van der Waals surface area contributed by atoms with E-state index in [9.17, 15) is 9.59 Å². The molecule has 1 aromatic rings. The summed E-state index contributed by atoms with van der Waals surface area (Å²) in [6, 6.07) is 2.85. The fourth-order valence-corrected chi connectivity index (χ4v) is 1.73. The summed E-state index contributed by atoms with van der Waals surface area (Å²) in [5.74, 6) is 0.000726. The molecule has 0 aliphatic heterocycles. The van der Waals surface area contributed by atoms with E-state index in [0.717, 1.165) is 0 Å². The number of amides is 1. The number of methoxy groups -OCH3 is 1. The first-order valence-corrected chi connectivity index (χ1v) is 6.78. The number of ether oxygens (including phenoxy) is 1. The van der Waals surface area contributed by atoms with Gasteiger partial charge in [-0.1, -0.05) is 0 Å². The Morgan fingerprint density at radius 1 is 1.29 bits per heavy atom. The number of rotatable bonds is 4. The van der Waals surface area contributed by atoms with Crippen molar-refractivity contribution in [2.24, 2.45) is 0 Å². The summed E-state index contributed by atoms with van der Waals surface area (Å²) in [6.07, 6.45) is 0. The Balaban J connectivity index is 2.78. The van der Waals surface area contributed by atoms with Gasteiger partial charge in [0.25, 0.3) is 0 Å². The Morgan fingerprint density at radius 2 is 1.90 bits per heavy atom. The van der Waals surface area contributed by atoms with Crippen LogP contribution in [0.4, 0.5) is 5.82 Å². The highest BCUT2D eigenvalue weighted by Gasteiger charge is 2.19. The maximum atomic E-state index is 12.0. The summed E-state index contributed by atoms with van der Waals surface area (Å²) in [5, 5.41) is 5.90. The molecule has 2 N–H and O–H groups in total. The van der Waals surface area contributed by atoms with Gasteiger partial charge in [0.2, 0.25) is 5.91 Å². The molecule has 21 heavy (non-hydrogen) atoms. The van der Waals surface area contributed by atoms with Crippen LogP contribution in [0.1, 0.15) is 43.7 Å². The third-order valence-corrected chi connectivity index (χ3v) is 2.75. The molecule has 1 aromatic heterocycles. The average molecular weight is 293 g/mol. The summed E-state index contributed by atoms with van der Waals surface area (Å²) >= 11 is 0. The van der Waals surface area contributed by atoms with E-state index in [1.165, 1.54) is 7.11 Å². The van der Waals surface area contributed by atoms with Crippen molar-refractivity contribution in [2.45, 2.75) is 46.2 Å². The van der Waals surface area contributed by atoms with Crippen molar-refractivity contribution < 1.29 is 14.3 Å². The van der Waals surface area contributed by atoms with Crippen LogP contribution < -0.4 is 10.6 Å². The lowest BCUT2D eigenvalue weighted by Crippen LogP contribution is -2.47. The molecule has 1 amide bonds. The number of carbonyl (C=O) groups is 2. The molecule has 6 nitrogen and oxygen atoms in total. The standard InChI is InChI=1S/C15H23N3O3/c1-9-11(14(20)21-6)7-8-12(16-9)17-10(2)13(19)18-15(3,4)5/h7-8,10H,1-6H3,(H,16,17)(H,18,19). The molecule has 0 aliphatic rings. The van der Waals surface area contributed by atoms with Crippen molar-refractivity contribution in [1.29, 1.82) is 0 Å². The summed E-state index contributed by atoms with van der Waals surface area (Å²) in [7, 11) is 1.33. The molecule has 1 atom stereocenters. The number of hydrogen-bond donors (Lipinski definition) is 2. The first-order chi connectivity index (χ1) is 9.64. The highest BCUT2D eigenvalue weighted by Crippen LogP contribution is 2.13. The van der Waals surface area contributed by atoms with Gasteiger partial charge < -0.3 is 15.4 Å². The Morgan fingerprint density at radius 3 is 2.38 bits per heavy atom. The SMILES string of the molecule is COC(=O)c1ccc(NC(C)C(=O)NC(C)(C)C)nc1C. The van der Waals surface area contributed by atoms with Gasteiger partial charge in [0.05, 0.1) is 18.4 Å². The molecule has 0 saturated heterocycles. The van der Waals surface area contributed by atoms with Gasteiger partial charge in [-0.05, 0) is 46.8 Å². The second kappa shape index (κ2) is 6.56. The minimum atomic E-state index is -0.430. The minimum Gasteiger partial charge on any atom is -0.465 e. The fraction of sp³-hybridized carbons (Fsp3) is 0.533. The molecular formula is C15H23N3O3. The van der Waals surface area contributed by atoms with Crippen LogP contribution in [-0.2, 0) is 9.53 Å². The first kappa shape index (κ1) is 16.9. The maximum absolute atomic E-state index is 12.0. The minimum absolute atomic E-state index is 0.112.